The molecule has 0 aliphatic carbocycles. The van der Waals surface area contributed by atoms with Gasteiger partial charge in [0, 0.05) is 12.0 Å². The molecule has 0 spiro atoms. The average Bonchev–Trinajstić information content (AvgIpc) is 2.78. The monoisotopic (exact) mass is 268 g/mol. The molecule has 1 aromatic heterocycles. The fourth-order valence-electron chi connectivity index (χ4n) is 1.66. The quantitative estimate of drug-likeness (QED) is 0.846. The molecule has 18 heavy (non-hydrogen) atoms. The zero-order valence-electron chi connectivity index (χ0n) is 10.0. The van der Waals surface area contributed by atoms with Crippen LogP contribution in [-0.2, 0) is 6.42 Å². The minimum Gasteiger partial charge on any atom is -0.441 e. The summed E-state index contributed by atoms with van der Waals surface area (Å²) in [5, 5.41) is 3.39. The molecule has 1 heterocycles. The molecule has 0 aliphatic heterocycles. The Bertz CT molecular complexity index is 527. The number of benzene rings is 1. The predicted octanol–water partition coefficient (Wildman–Crippen LogP) is 3.29. The highest BCUT2D eigenvalue weighted by Gasteiger charge is 2.10. The maximum Gasteiger partial charge on any atom is 0.194 e. The summed E-state index contributed by atoms with van der Waals surface area (Å²) in [6, 6.07) is 4.21. The third-order valence-corrected chi connectivity index (χ3v) is 2.88. The Kier molecular flexibility index (Phi) is 4.33. The van der Waals surface area contributed by atoms with Crippen molar-refractivity contribution in [1.29, 1.82) is 0 Å². The molecule has 1 N–H and O–H groups in total. The molecular weight excluding hydrogens is 255 g/mol. The van der Waals surface area contributed by atoms with Gasteiger partial charge in [0.1, 0.15) is 5.82 Å². The van der Waals surface area contributed by atoms with E-state index < -0.39 is 0 Å². The Hall–Kier alpha value is -1.39. The number of nitrogens with zero attached hydrogens (tertiary/aromatic N) is 1. The van der Waals surface area contributed by atoms with Crippen LogP contribution >= 0.6 is 11.6 Å². The van der Waals surface area contributed by atoms with Gasteiger partial charge in [-0.15, -0.1) is 0 Å². The van der Waals surface area contributed by atoms with Gasteiger partial charge < -0.3 is 9.73 Å². The second-order valence-corrected chi connectivity index (χ2v) is 4.36. The Labute approximate surface area is 110 Å². The lowest BCUT2D eigenvalue weighted by Gasteiger charge is -2.00. The summed E-state index contributed by atoms with van der Waals surface area (Å²) in [7, 11) is 1.90. The molecule has 0 amide bonds. The summed E-state index contributed by atoms with van der Waals surface area (Å²) < 4.78 is 18.5. The van der Waals surface area contributed by atoms with Crippen molar-refractivity contribution >= 4 is 11.6 Å². The third kappa shape index (κ3) is 3.09. The van der Waals surface area contributed by atoms with Crippen molar-refractivity contribution in [3.63, 3.8) is 0 Å². The maximum absolute atomic E-state index is 12.9. The van der Waals surface area contributed by atoms with E-state index >= 15 is 0 Å². The number of hydrogen-bond acceptors (Lipinski definition) is 3. The molecule has 0 saturated carbocycles. The van der Waals surface area contributed by atoms with Gasteiger partial charge >= 0.3 is 0 Å². The lowest BCUT2D eigenvalue weighted by atomic mass is 10.2. The Morgan fingerprint density at radius 3 is 3.00 bits per heavy atom. The largest absolute Gasteiger partial charge is 0.441 e. The minimum absolute atomic E-state index is 0.327. The van der Waals surface area contributed by atoms with Gasteiger partial charge in [-0.2, -0.15) is 0 Å². The zero-order chi connectivity index (χ0) is 13.0. The van der Waals surface area contributed by atoms with Gasteiger partial charge in [-0.05, 0) is 38.2 Å². The van der Waals surface area contributed by atoms with E-state index in [1.165, 1.54) is 12.1 Å². The first-order valence-electron chi connectivity index (χ1n) is 5.75. The van der Waals surface area contributed by atoms with E-state index in [9.17, 15) is 4.39 Å². The molecule has 0 bridgehead atoms. The van der Waals surface area contributed by atoms with Crippen LogP contribution in [0.4, 0.5) is 4.39 Å². The second-order valence-electron chi connectivity index (χ2n) is 3.95. The van der Waals surface area contributed by atoms with Crippen molar-refractivity contribution in [2.24, 2.45) is 0 Å². The minimum atomic E-state index is -0.363. The topological polar surface area (TPSA) is 38.1 Å². The SMILES string of the molecule is CNCCCc1ncc(-c2ccc(F)cc2Cl)o1. The van der Waals surface area contributed by atoms with Crippen molar-refractivity contribution in [3.05, 3.63) is 41.1 Å². The summed E-state index contributed by atoms with van der Waals surface area (Å²) in [6.07, 6.45) is 3.33. The predicted molar refractivity (Wildman–Crippen MR) is 69.2 cm³/mol. The van der Waals surface area contributed by atoms with Crippen LogP contribution in [-0.4, -0.2) is 18.6 Å². The van der Waals surface area contributed by atoms with Crippen LogP contribution in [0.2, 0.25) is 5.02 Å². The Morgan fingerprint density at radius 2 is 2.28 bits per heavy atom. The van der Waals surface area contributed by atoms with Crippen molar-refractivity contribution < 1.29 is 8.81 Å². The molecule has 0 fully saturated rings. The second kappa shape index (κ2) is 5.98. The van der Waals surface area contributed by atoms with E-state index in [1.807, 2.05) is 7.05 Å². The number of aryl methyl sites for hydroxylation is 1. The van der Waals surface area contributed by atoms with E-state index in [-0.39, 0.29) is 5.82 Å². The van der Waals surface area contributed by atoms with Crippen molar-refractivity contribution in [1.82, 2.24) is 10.3 Å². The van der Waals surface area contributed by atoms with Crippen LogP contribution in [0, 0.1) is 5.82 Å². The summed E-state index contributed by atoms with van der Waals surface area (Å²) >= 11 is 5.96. The van der Waals surface area contributed by atoms with E-state index in [1.54, 1.807) is 12.3 Å². The van der Waals surface area contributed by atoms with Gasteiger partial charge in [0.25, 0.3) is 0 Å². The number of oxazole rings is 1. The van der Waals surface area contributed by atoms with E-state index in [0.29, 0.717) is 22.2 Å². The lowest BCUT2D eigenvalue weighted by Crippen LogP contribution is -2.08. The molecule has 1 aromatic carbocycles. The Morgan fingerprint density at radius 1 is 1.44 bits per heavy atom. The van der Waals surface area contributed by atoms with Crippen LogP contribution in [0.5, 0.6) is 0 Å². The molecule has 0 aliphatic rings. The normalized spacial score (nSPS) is 10.8. The van der Waals surface area contributed by atoms with Crippen molar-refractivity contribution in [2.45, 2.75) is 12.8 Å². The lowest BCUT2D eigenvalue weighted by molar-refractivity contribution is 0.495. The maximum atomic E-state index is 12.9. The number of halogens is 2. The van der Waals surface area contributed by atoms with Gasteiger partial charge in [0.05, 0.1) is 11.2 Å². The average molecular weight is 269 g/mol. The van der Waals surface area contributed by atoms with E-state index in [4.69, 9.17) is 16.0 Å². The third-order valence-electron chi connectivity index (χ3n) is 2.57. The molecular formula is C13H14ClFN2O. The number of hydrogen-bond donors (Lipinski definition) is 1. The molecule has 0 saturated heterocycles. The van der Waals surface area contributed by atoms with E-state index in [2.05, 4.69) is 10.3 Å². The molecule has 5 heteroatoms. The summed E-state index contributed by atoms with van der Waals surface area (Å²) in [5.74, 6) is 0.873. The summed E-state index contributed by atoms with van der Waals surface area (Å²) in [4.78, 5) is 4.18. The zero-order valence-corrected chi connectivity index (χ0v) is 10.8. The molecule has 0 atom stereocenters. The fourth-order valence-corrected chi connectivity index (χ4v) is 1.92. The fraction of sp³-hybridized carbons (Fsp3) is 0.308. The van der Waals surface area contributed by atoms with Gasteiger partial charge in [0.15, 0.2) is 11.7 Å². The number of nitrogens with one attached hydrogen (secondary N) is 1. The van der Waals surface area contributed by atoms with Crippen LogP contribution < -0.4 is 5.32 Å². The summed E-state index contributed by atoms with van der Waals surface area (Å²) in [6.45, 7) is 0.912. The standard InChI is InChI=1S/C13H14ClFN2O/c1-16-6-2-3-13-17-8-12(18-13)10-5-4-9(15)7-11(10)14/h4-5,7-8,16H,2-3,6H2,1H3. The molecule has 3 nitrogen and oxygen atoms in total. The van der Waals surface area contributed by atoms with E-state index in [0.717, 1.165) is 19.4 Å². The number of rotatable bonds is 5. The number of aromatic nitrogens is 1. The first-order chi connectivity index (χ1) is 8.70. The highest BCUT2D eigenvalue weighted by molar-refractivity contribution is 6.33. The van der Waals surface area contributed by atoms with Crippen molar-refractivity contribution in [2.75, 3.05) is 13.6 Å². The van der Waals surface area contributed by atoms with Gasteiger partial charge in [0.2, 0.25) is 0 Å². The molecule has 96 valence electrons. The Balaban J connectivity index is 2.13. The van der Waals surface area contributed by atoms with Crippen LogP contribution in [0.1, 0.15) is 12.3 Å². The first kappa shape index (κ1) is 13.1. The molecule has 2 aromatic rings. The highest BCUT2D eigenvalue weighted by Crippen LogP contribution is 2.29. The molecule has 2 rings (SSSR count). The van der Waals surface area contributed by atoms with Crippen LogP contribution in [0.3, 0.4) is 0 Å². The van der Waals surface area contributed by atoms with Gasteiger partial charge in [-0.3, -0.25) is 0 Å². The van der Waals surface area contributed by atoms with Gasteiger partial charge in [-0.1, -0.05) is 11.6 Å². The first-order valence-corrected chi connectivity index (χ1v) is 6.13. The van der Waals surface area contributed by atoms with Crippen LogP contribution in [0.15, 0.2) is 28.8 Å². The van der Waals surface area contributed by atoms with Crippen LogP contribution in [0.25, 0.3) is 11.3 Å². The molecule has 0 radical (unpaired) electrons. The van der Waals surface area contributed by atoms with Crippen molar-refractivity contribution in [3.8, 4) is 11.3 Å². The van der Waals surface area contributed by atoms with Gasteiger partial charge in [-0.25, -0.2) is 9.37 Å². The highest BCUT2D eigenvalue weighted by atomic mass is 35.5. The molecule has 0 unspecified atom stereocenters. The smallest absolute Gasteiger partial charge is 0.194 e. The summed E-state index contributed by atoms with van der Waals surface area (Å²) in [5.41, 5.74) is 0.658.